The van der Waals surface area contributed by atoms with Crippen molar-refractivity contribution in [1.29, 1.82) is 0 Å². The molecule has 2 aromatic heterocycles. The molecular weight excluding hydrogens is 318 g/mol. The molecule has 0 aliphatic carbocycles. The average Bonchev–Trinajstić information content (AvgIpc) is 2.97. The molecule has 1 atom stereocenters. The van der Waals surface area contributed by atoms with Crippen LogP contribution in [0.3, 0.4) is 0 Å². The zero-order valence-corrected chi connectivity index (χ0v) is 14.7. The molecule has 1 amide bonds. The Labute approximate surface area is 148 Å². The average molecular weight is 343 g/mol. The van der Waals surface area contributed by atoms with Crippen LogP contribution in [-0.2, 0) is 28.9 Å². The van der Waals surface area contributed by atoms with Crippen molar-refractivity contribution in [3.05, 3.63) is 42.5 Å². The first-order valence-electron chi connectivity index (χ1n) is 8.86. The van der Waals surface area contributed by atoms with Crippen molar-refractivity contribution in [2.75, 3.05) is 26.3 Å². The number of hydrogen-bond donors (Lipinski definition) is 0. The molecule has 0 spiro atoms. The van der Waals surface area contributed by atoms with Crippen molar-refractivity contribution < 1.29 is 9.53 Å². The number of nitrogens with zero attached hydrogens (tertiary/aromatic N) is 5. The van der Waals surface area contributed by atoms with Gasteiger partial charge in [0.15, 0.2) is 0 Å². The summed E-state index contributed by atoms with van der Waals surface area (Å²) in [7, 11) is 0. The van der Waals surface area contributed by atoms with Crippen LogP contribution in [0.25, 0.3) is 0 Å². The Morgan fingerprint density at radius 1 is 1.36 bits per heavy atom. The van der Waals surface area contributed by atoms with Gasteiger partial charge in [-0.05, 0) is 12.5 Å². The molecule has 1 aliphatic rings. The molecule has 3 heterocycles. The highest BCUT2D eigenvalue weighted by atomic mass is 16.5. The zero-order valence-electron chi connectivity index (χ0n) is 14.7. The van der Waals surface area contributed by atoms with Gasteiger partial charge in [-0.15, -0.1) is 0 Å². The van der Waals surface area contributed by atoms with E-state index < -0.39 is 0 Å². The molecule has 1 aliphatic heterocycles. The van der Waals surface area contributed by atoms with Crippen molar-refractivity contribution in [2.24, 2.45) is 5.92 Å². The molecule has 7 nitrogen and oxygen atoms in total. The standard InChI is InChI=1S/C18H25N5O2/c1-2-17-20-6-8-22(17)7-4-18(24)23-9-10-25-13-15(12-23)11-16-3-5-19-14-21-16/h3,5-6,8,14-15H,2,4,7,9-13H2,1H3. The molecule has 0 saturated carbocycles. The van der Waals surface area contributed by atoms with Crippen molar-refractivity contribution >= 4 is 5.91 Å². The van der Waals surface area contributed by atoms with Gasteiger partial charge in [0.1, 0.15) is 12.2 Å². The van der Waals surface area contributed by atoms with Gasteiger partial charge in [0.25, 0.3) is 0 Å². The molecule has 0 radical (unpaired) electrons. The highest BCUT2D eigenvalue weighted by Crippen LogP contribution is 2.13. The lowest BCUT2D eigenvalue weighted by molar-refractivity contribution is -0.131. The van der Waals surface area contributed by atoms with E-state index in [1.54, 1.807) is 18.7 Å². The highest BCUT2D eigenvalue weighted by molar-refractivity contribution is 5.76. The normalized spacial score (nSPS) is 18.1. The molecular formula is C18H25N5O2. The number of carbonyl (C=O) groups excluding carboxylic acids is 1. The van der Waals surface area contributed by atoms with E-state index in [1.165, 1.54) is 0 Å². The molecule has 1 saturated heterocycles. The number of amides is 1. The number of carbonyl (C=O) groups is 1. The van der Waals surface area contributed by atoms with Crippen LogP contribution >= 0.6 is 0 Å². The second kappa shape index (κ2) is 8.71. The molecule has 7 heteroatoms. The molecule has 0 N–H and O–H groups in total. The summed E-state index contributed by atoms with van der Waals surface area (Å²) in [5, 5.41) is 0. The van der Waals surface area contributed by atoms with Gasteiger partial charge in [0, 0.05) is 62.7 Å². The van der Waals surface area contributed by atoms with Gasteiger partial charge in [0.2, 0.25) is 5.91 Å². The Morgan fingerprint density at radius 2 is 2.28 bits per heavy atom. The second-order valence-corrected chi connectivity index (χ2v) is 6.33. The van der Waals surface area contributed by atoms with Gasteiger partial charge in [-0.3, -0.25) is 4.79 Å². The van der Waals surface area contributed by atoms with E-state index >= 15 is 0 Å². The quantitative estimate of drug-likeness (QED) is 0.791. The molecule has 0 bridgehead atoms. The molecule has 25 heavy (non-hydrogen) atoms. The van der Waals surface area contributed by atoms with E-state index in [2.05, 4.69) is 26.4 Å². The molecule has 3 rings (SSSR count). The third kappa shape index (κ3) is 4.85. The van der Waals surface area contributed by atoms with Crippen LogP contribution in [0.2, 0.25) is 0 Å². The van der Waals surface area contributed by atoms with Crippen LogP contribution in [0.5, 0.6) is 0 Å². The fraction of sp³-hybridized carbons (Fsp3) is 0.556. The molecule has 2 aromatic rings. The van der Waals surface area contributed by atoms with Crippen molar-refractivity contribution in [3.63, 3.8) is 0 Å². The van der Waals surface area contributed by atoms with Crippen LogP contribution in [0.1, 0.15) is 24.9 Å². The minimum atomic E-state index is 0.175. The summed E-state index contributed by atoms with van der Waals surface area (Å²) in [4.78, 5) is 27.1. The number of rotatable bonds is 6. The number of ether oxygens (including phenoxy) is 1. The highest BCUT2D eigenvalue weighted by Gasteiger charge is 2.23. The molecule has 1 fully saturated rings. The fourth-order valence-electron chi connectivity index (χ4n) is 3.20. The van der Waals surface area contributed by atoms with Crippen LogP contribution in [0, 0.1) is 5.92 Å². The van der Waals surface area contributed by atoms with E-state index in [-0.39, 0.29) is 11.8 Å². The first kappa shape index (κ1) is 17.5. The van der Waals surface area contributed by atoms with Crippen LogP contribution in [0.15, 0.2) is 31.0 Å². The summed E-state index contributed by atoms with van der Waals surface area (Å²) in [5.41, 5.74) is 0.990. The number of aryl methyl sites for hydroxylation is 2. The summed E-state index contributed by atoms with van der Waals surface area (Å²) in [6.07, 6.45) is 9.21. The Bertz CT molecular complexity index is 673. The van der Waals surface area contributed by atoms with E-state index in [1.807, 2.05) is 17.2 Å². The maximum absolute atomic E-state index is 12.7. The number of hydrogen-bond acceptors (Lipinski definition) is 5. The van der Waals surface area contributed by atoms with Crippen LogP contribution in [-0.4, -0.2) is 56.6 Å². The Kier molecular flexibility index (Phi) is 6.11. The smallest absolute Gasteiger partial charge is 0.224 e. The number of imidazole rings is 1. The third-order valence-electron chi connectivity index (χ3n) is 4.52. The lowest BCUT2D eigenvalue weighted by atomic mass is 10.0. The predicted octanol–water partition coefficient (Wildman–Crippen LogP) is 1.34. The summed E-state index contributed by atoms with van der Waals surface area (Å²) < 4.78 is 7.75. The third-order valence-corrected chi connectivity index (χ3v) is 4.52. The largest absolute Gasteiger partial charge is 0.379 e. The van der Waals surface area contributed by atoms with Gasteiger partial charge in [-0.25, -0.2) is 15.0 Å². The molecule has 0 aromatic carbocycles. The van der Waals surface area contributed by atoms with Crippen LogP contribution < -0.4 is 0 Å². The van der Waals surface area contributed by atoms with Crippen molar-refractivity contribution in [2.45, 2.75) is 32.7 Å². The summed E-state index contributed by atoms with van der Waals surface area (Å²) in [6, 6.07) is 1.92. The van der Waals surface area contributed by atoms with Crippen LogP contribution in [0.4, 0.5) is 0 Å². The second-order valence-electron chi connectivity index (χ2n) is 6.33. The summed E-state index contributed by atoms with van der Waals surface area (Å²) >= 11 is 0. The van der Waals surface area contributed by atoms with E-state index in [0.29, 0.717) is 39.3 Å². The van der Waals surface area contributed by atoms with Crippen molar-refractivity contribution in [1.82, 2.24) is 24.4 Å². The monoisotopic (exact) mass is 343 g/mol. The lowest BCUT2D eigenvalue weighted by Gasteiger charge is -2.23. The van der Waals surface area contributed by atoms with Gasteiger partial charge >= 0.3 is 0 Å². The van der Waals surface area contributed by atoms with Gasteiger partial charge in [-0.2, -0.15) is 0 Å². The predicted molar refractivity (Wildman–Crippen MR) is 92.8 cm³/mol. The minimum Gasteiger partial charge on any atom is -0.379 e. The van der Waals surface area contributed by atoms with E-state index in [0.717, 1.165) is 24.4 Å². The lowest BCUT2D eigenvalue weighted by Crippen LogP contribution is -2.37. The van der Waals surface area contributed by atoms with Gasteiger partial charge in [0.05, 0.1) is 13.2 Å². The number of aromatic nitrogens is 4. The Balaban J connectivity index is 1.55. The maximum atomic E-state index is 12.7. The zero-order chi connectivity index (χ0) is 17.5. The van der Waals surface area contributed by atoms with E-state index in [9.17, 15) is 4.79 Å². The topological polar surface area (TPSA) is 73.1 Å². The fourth-order valence-corrected chi connectivity index (χ4v) is 3.20. The van der Waals surface area contributed by atoms with Crippen molar-refractivity contribution in [3.8, 4) is 0 Å². The van der Waals surface area contributed by atoms with E-state index in [4.69, 9.17) is 4.74 Å². The molecule has 134 valence electrons. The first-order chi connectivity index (χ1) is 12.3. The Hall–Kier alpha value is -2.28. The first-order valence-corrected chi connectivity index (χ1v) is 8.86. The molecule has 1 unspecified atom stereocenters. The summed E-state index contributed by atoms with van der Waals surface area (Å²) in [6.45, 7) is 5.38. The summed E-state index contributed by atoms with van der Waals surface area (Å²) in [5.74, 6) is 1.46. The minimum absolute atomic E-state index is 0.175. The van der Waals surface area contributed by atoms with Gasteiger partial charge < -0.3 is 14.2 Å². The maximum Gasteiger partial charge on any atom is 0.224 e. The SMILES string of the molecule is CCc1nccn1CCC(=O)N1CCOCC(Cc2ccncn2)C1. The van der Waals surface area contributed by atoms with Gasteiger partial charge in [-0.1, -0.05) is 6.92 Å². The Morgan fingerprint density at radius 3 is 3.08 bits per heavy atom.